The van der Waals surface area contributed by atoms with Crippen LogP contribution in [0.25, 0.3) is 0 Å². The molecule has 102 valence electrons. The fourth-order valence-electron chi connectivity index (χ4n) is 1.72. The first-order valence-electron chi connectivity index (χ1n) is 5.58. The summed E-state index contributed by atoms with van der Waals surface area (Å²) in [5.41, 5.74) is 4.82. The molecule has 0 bridgehead atoms. The van der Waals surface area contributed by atoms with Crippen molar-refractivity contribution in [2.24, 2.45) is 11.1 Å². The molecule has 0 aromatic carbocycles. The van der Waals surface area contributed by atoms with Gasteiger partial charge in [0, 0.05) is 18.2 Å². The molecule has 0 unspecified atom stereocenters. The molecule has 0 saturated carbocycles. The Hall–Kier alpha value is -0.950. The molecule has 0 amide bonds. The summed E-state index contributed by atoms with van der Waals surface area (Å²) < 4.78 is 37.3. The van der Waals surface area contributed by atoms with Crippen LogP contribution in [0.2, 0.25) is 0 Å². The summed E-state index contributed by atoms with van der Waals surface area (Å²) in [6, 6.07) is 0. The van der Waals surface area contributed by atoms with E-state index < -0.39 is 16.6 Å². The predicted molar refractivity (Wildman–Crippen MR) is 63.5 cm³/mol. The van der Waals surface area contributed by atoms with E-state index in [-0.39, 0.29) is 17.2 Å². The van der Waals surface area contributed by atoms with Gasteiger partial charge >= 0.3 is 6.18 Å². The quantitative estimate of drug-likeness (QED) is 0.843. The highest BCUT2D eigenvalue weighted by Gasteiger charge is 2.39. The Balaban J connectivity index is 3.08. The topological polar surface area (TPSA) is 56.0 Å². The number of alkyl halides is 3. The molecule has 0 saturated heterocycles. The van der Waals surface area contributed by atoms with E-state index in [0.717, 1.165) is 6.20 Å². The van der Waals surface area contributed by atoms with Crippen LogP contribution in [0, 0.1) is 5.41 Å². The smallest absolute Gasteiger partial charge is 0.329 e. The van der Waals surface area contributed by atoms with E-state index >= 15 is 0 Å². The van der Waals surface area contributed by atoms with E-state index in [4.69, 9.17) is 5.73 Å². The largest absolute Gasteiger partial charge is 0.443 e. The van der Waals surface area contributed by atoms with Gasteiger partial charge in [0.2, 0.25) is 0 Å². The van der Waals surface area contributed by atoms with Crippen LogP contribution in [-0.2, 0) is 6.18 Å². The number of ketones is 1. The fourth-order valence-corrected chi connectivity index (χ4v) is 2.57. The first-order chi connectivity index (χ1) is 8.30. The summed E-state index contributed by atoms with van der Waals surface area (Å²) in [6.45, 7) is 3.73. The van der Waals surface area contributed by atoms with Gasteiger partial charge in [-0.15, -0.1) is 11.3 Å². The Morgan fingerprint density at radius 3 is 2.28 bits per heavy atom. The summed E-state index contributed by atoms with van der Waals surface area (Å²) in [6.07, 6.45) is -2.52. The van der Waals surface area contributed by atoms with Crippen molar-refractivity contribution in [2.45, 2.75) is 32.9 Å². The number of nitrogens with zero attached hydrogens (tertiary/aromatic N) is 1. The molecule has 1 heterocycles. The number of hydrogen-bond donors (Lipinski definition) is 1. The molecular formula is C11H15F3N2OS. The summed E-state index contributed by atoms with van der Waals surface area (Å²) in [7, 11) is 0. The van der Waals surface area contributed by atoms with Gasteiger partial charge in [0.1, 0.15) is 0 Å². The van der Waals surface area contributed by atoms with Crippen molar-refractivity contribution in [3.8, 4) is 0 Å². The normalized spacial score (nSPS) is 12.8. The molecule has 2 N–H and O–H groups in total. The summed E-state index contributed by atoms with van der Waals surface area (Å²) in [5, 5.41) is -0.996. The number of rotatable bonds is 5. The Kier molecular flexibility index (Phi) is 4.50. The maximum Gasteiger partial charge on any atom is 0.443 e. The second-order valence-corrected chi connectivity index (χ2v) is 5.08. The van der Waals surface area contributed by atoms with Crippen molar-refractivity contribution >= 4 is 17.1 Å². The molecule has 0 spiro atoms. The van der Waals surface area contributed by atoms with E-state index in [1.165, 1.54) is 0 Å². The highest BCUT2D eigenvalue weighted by atomic mass is 32.1. The van der Waals surface area contributed by atoms with Gasteiger partial charge in [-0.2, -0.15) is 13.2 Å². The molecule has 3 nitrogen and oxygen atoms in total. The van der Waals surface area contributed by atoms with E-state index in [2.05, 4.69) is 4.98 Å². The third-order valence-electron chi connectivity index (χ3n) is 3.20. The molecule has 0 fully saturated rings. The van der Waals surface area contributed by atoms with Crippen LogP contribution in [0.4, 0.5) is 13.2 Å². The minimum atomic E-state index is -4.51. The Bertz CT molecular complexity index is 416. The third-order valence-corrected chi connectivity index (χ3v) is 4.24. The van der Waals surface area contributed by atoms with E-state index in [1.807, 2.05) is 0 Å². The summed E-state index contributed by atoms with van der Waals surface area (Å²) >= 11 is 0.380. The van der Waals surface area contributed by atoms with Crippen molar-refractivity contribution in [1.82, 2.24) is 4.98 Å². The molecule has 7 heteroatoms. The standard InChI is InChI=1S/C11H15F3N2OS/c1-3-10(4-2,6-15)8(17)7-5-16-9(18-7)11(12,13)14/h5H,3-4,6,15H2,1-2H3. The number of hydrogen-bond acceptors (Lipinski definition) is 4. The molecule has 0 aliphatic carbocycles. The van der Waals surface area contributed by atoms with Crippen LogP contribution in [0.15, 0.2) is 6.20 Å². The fraction of sp³-hybridized carbons (Fsp3) is 0.636. The van der Waals surface area contributed by atoms with Crippen molar-refractivity contribution in [3.05, 3.63) is 16.1 Å². The molecule has 1 rings (SSSR count). The SMILES string of the molecule is CCC(CC)(CN)C(=O)c1cnc(C(F)(F)F)s1. The zero-order valence-corrected chi connectivity index (χ0v) is 11.0. The maximum atomic E-state index is 12.4. The van der Waals surface area contributed by atoms with Crippen LogP contribution in [0.5, 0.6) is 0 Å². The number of aromatic nitrogens is 1. The number of thiazole rings is 1. The number of carbonyl (C=O) groups excluding carboxylic acids is 1. The Labute approximate surface area is 107 Å². The molecular weight excluding hydrogens is 265 g/mol. The zero-order chi connectivity index (χ0) is 14.0. The van der Waals surface area contributed by atoms with E-state index in [9.17, 15) is 18.0 Å². The lowest BCUT2D eigenvalue weighted by Crippen LogP contribution is -2.37. The minimum Gasteiger partial charge on any atom is -0.329 e. The van der Waals surface area contributed by atoms with Crippen LogP contribution < -0.4 is 5.73 Å². The van der Waals surface area contributed by atoms with Gasteiger partial charge in [-0.05, 0) is 12.8 Å². The average molecular weight is 280 g/mol. The maximum absolute atomic E-state index is 12.4. The predicted octanol–water partition coefficient (Wildman–Crippen LogP) is 3.11. The van der Waals surface area contributed by atoms with Crippen LogP contribution in [-0.4, -0.2) is 17.3 Å². The van der Waals surface area contributed by atoms with Gasteiger partial charge in [0.15, 0.2) is 10.8 Å². The van der Waals surface area contributed by atoms with Crippen molar-refractivity contribution < 1.29 is 18.0 Å². The van der Waals surface area contributed by atoms with Crippen molar-refractivity contribution in [1.29, 1.82) is 0 Å². The second-order valence-electron chi connectivity index (χ2n) is 4.05. The van der Waals surface area contributed by atoms with Crippen molar-refractivity contribution in [2.75, 3.05) is 6.54 Å². The van der Waals surface area contributed by atoms with E-state index in [1.54, 1.807) is 13.8 Å². The molecule has 1 aromatic rings. The van der Waals surface area contributed by atoms with Gasteiger partial charge in [-0.3, -0.25) is 4.79 Å². The molecule has 0 radical (unpaired) electrons. The monoisotopic (exact) mass is 280 g/mol. The average Bonchev–Trinajstić information content (AvgIpc) is 2.80. The molecule has 0 atom stereocenters. The number of Topliss-reactive ketones (excluding diaryl/α,β-unsaturated/α-hetero) is 1. The Morgan fingerprint density at radius 1 is 1.39 bits per heavy atom. The first-order valence-corrected chi connectivity index (χ1v) is 6.40. The van der Waals surface area contributed by atoms with Crippen LogP contribution >= 0.6 is 11.3 Å². The lowest BCUT2D eigenvalue weighted by atomic mass is 9.78. The van der Waals surface area contributed by atoms with Gasteiger partial charge < -0.3 is 5.73 Å². The summed E-state index contributed by atoms with van der Waals surface area (Å²) in [4.78, 5) is 15.5. The lowest BCUT2D eigenvalue weighted by molar-refractivity contribution is -0.137. The number of nitrogens with two attached hydrogens (primary N) is 1. The molecule has 0 aliphatic rings. The number of halogens is 3. The first kappa shape index (κ1) is 15.1. The second kappa shape index (κ2) is 5.36. The van der Waals surface area contributed by atoms with Crippen LogP contribution in [0.1, 0.15) is 41.4 Å². The molecule has 1 aromatic heterocycles. The summed E-state index contributed by atoms with van der Waals surface area (Å²) in [5.74, 6) is -0.344. The van der Waals surface area contributed by atoms with E-state index in [0.29, 0.717) is 24.2 Å². The van der Waals surface area contributed by atoms with Gasteiger partial charge in [-0.1, -0.05) is 13.8 Å². The lowest BCUT2D eigenvalue weighted by Gasteiger charge is -2.27. The van der Waals surface area contributed by atoms with Gasteiger partial charge in [0.25, 0.3) is 0 Å². The molecule has 0 aliphatic heterocycles. The van der Waals surface area contributed by atoms with Crippen LogP contribution in [0.3, 0.4) is 0 Å². The van der Waals surface area contributed by atoms with Gasteiger partial charge in [0.05, 0.1) is 4.88 Å². The molecule has 18 heavy (non-hydrogen) atoms. The highest BCUT2D eigenvalue weighted by Crippen LogP contribution is 2.36. The Morgan fingerprint density at radius 2 is 1.94 bits per heavy atom. The highest BCUT2D eigenvalue weighted by molar-refractivity contribution is 7.13. The van der Waals surface area contributed by atoms with Crippen molar-refractivity contribution in [3.63, 3.8) is 0 Å². The van der Waals surface area contributed by atoms with Gasteiger partial charge in [-0.25, -0.2) is 4.98 Å². The third kappa shape index (κ3) is 2.72. The zero-order valence-electron chi connectivity index (χ0n) is 10.2. The minimum absolute atomic E-state index is 0.0245. The number of carbonyl (C=O) groups is 1.